The molecule has 0 amide bonds. The summed E-state index contributed by atoms with van der Waals surface area (Å²) in [6, 6.07) is 0. The van der Waals surface area contributed by atoms with E-state index in [0.29, 0.717) is 5.31 Å². The number of hydrogen-bond acceptors (Lipinski definition) is 0. The fourth-order valence-electron chi connectivity index (χ4n) is 6.07. The Kier molecular flexibility index (Phi) is 7.57. The highest BCUT2D eigenvalue weighted by atomic mass is 31.1. The molecule has 1 atom stereocenters. The minimum absolute atomic E-state index is 0.613. The smallest absolute Gasteiger partial charge is 0.119 e. The SMILES string of the molecule is CC(C)(BC1CCC(CPC2CCCCC2)CC1)C1CCCCC1. The van der Waals surface area contributed by atoms with E-state index < -0.39 is 0 Å². The Morgan fingerprint density at radius 1 is 0.750 bits per heavy atom. The molecule has 0 saturated heterocycles. The summed E-state index contributed by atoms with van der Waals surface area (Å²) in [6.45, 7) is 5.19. The molecule has 24 heavy (non-hydrogen) atoms. The van der Waals surface area contributed by atoms with Crippen molar-refractivity contribution in [2.45, 2.75) is 121 Å². The van der Waals surface area contributed by atoms with Crippen LogP contribution in [0.2, 0.25) is 11.1 Å². The Hall–Kier alpha value is 0.495. The summed E-state index contributed by atoms with van der Waals surface area (Å²) < 4.78 is 0. The fourth-order valence-corrected chi connectivity index (χ4v) is 7.97. The highest BCUT2D eigenvalue weighted by molar-refractivity contribution is 7.38. The fraction of sp³-hybridized carbons (Fsp3) is 1.00. The van der Waals surface area contributed by atoms with Gasteiger partial charge >= 0.3 is 0 Å². The zero-order valence-corrected chi connectivity index (χ0v) is 17.6. The summed E-state index contributed by atoms with van der Waals surface area (Å²) in [4.78, 5) is 0. The third-order valence-corrected chi connectivity index (χ3v) is 9.76. The van der Waals surface area contributed by atoms with Crippen molar-refractivity contribution < 1.29 is 0 Å². The first-order valence-corrected chi connectivity index (χ1v) is 12.7. The first-order valence-electron chi connectivity index (χ1n) is 11.4. The summed E-state index contributed by atoms with van der Waals surface area (Å²) in [5.74, 6) is 3.17. The summed E-state index contributed by atoms with van der Waals surface area (Å²) in [5, 5.41) is 0.613. The van der Waals surface area contributed by atoms with Crippen LogP contribution >= 0.6 is 8.58 Å². The molecular formula is C22H42BP. The van der Waals surface area contributed by atoms with Gasteiger partial charge in [-0.1, -0.05) is 102 Å². The molecule has 3 aliphatic rings. The highest BCUT2D eigenvalue weighted by Gasteiger charge is 2.35. The molecule has 0 aromatic carbocycles. The summed E-state index contributed by atoms with van der Waals surface area (Å²) in [5.41, 5.74) is 1.13. The van der Waals surface area contributed by atoms with E-state index in [9.17, 15) is 0 Å². The Labute approximate surface area is 154 Å². The second-order valence-electron chi connectivity index (χ2n) is 10.2. The molecule has 3 aliphatic carbocycles. The molecule has 3 fully saturated rings. The van der Waals surface area contributed by atoms with Gasteiger partial charge in [0.05, 0.1) is 0 Å². The van der Waals surface area contributed by atoms with Crippen LogP contribution in [0, 0.1) is 11.8 Å². The van der Waals surface area contributed by atoms with Gasteiger partial charge in [0.15, 0.2) is 0 Å². The Balaban J connectivity index is 1.35. The maximum atomic E-state index is 2.60. The monoisotopic (exact) mass is 348 g/mol. The topological polar surface area (TPSA) is 0 Å². The van der Waals surface area contributed by atoms with Crippen LogP contribution in [-0.4, -0.2) is 19.1 Å². The van der Waals surface area contributed by atoms with Crippen molar-refractivity contribution in [1.82, 2.24) is 0 Å². The van der Waals surface area contributed by atoms with Gasteiger partial charge in [-0.15, -0.1) is 8.58 Å². The second kappa shape index (κ2) is 9.44. The summed E-state index contributed by atoms with van der Waals surface area (Å²) in [6.07, 6.45) is 23.0. The van der Waals surface area contributed by atoms with E-state index in [1.54, 1.807) is 44.7 Å². The molecule has 0 spiro atoms. The van der Waals surface area contributed by atoms with E-state index >= 15 is 0 Å². The average Bonchev–Trinajstić information content (AvgIpc) is 2.62. The van der Waals surface area contributed by atoms with Crippen molar-refractivity contribution >= 4 is 15.9 Å². The summed E-state index contributed by atoms with van der Waals surface area (Å²) in [7, 11) is 2.82. The lowest BCUT2D eigenvalue weighted by molar-refractivity contribution is 0.284. The van der Waals surface area contributed by atoms with Crippen LogP contribution in [0.5, 0.6) is 0 Å². The molecule has 0 bridgehead atoms. The minimum atomic E-state index is 0.613. The Morgan fingerprint density at radius 3 is 1.96 bits per heavy atom. The van der Waals surface area contributed by atoms with Crippen LogP contribution in [-0.2, 0) is 0 Å². The van der Waals surface area contributed by atoms with Crippen LogP contribution in [0.3, 0.4) is 0 Å². The first-order chi connectivity index (χ1) is 11.6. The van der Waals surface area contributed by atoms with E-state index in [4.69, 9.17) is 0 Å². The Bertz CT molecular complexity index is 347. The number of rotatable bonds is 6. The van der Waals surface area contributed by atoms with Gasteiger partial charge in [0, 0.05) is 0 Å². The van der Waals surface area contributed by atoms with Crippen LogP contribution in [0.25, 0.3) is 0 Å². The zero-order chi connectivity index (χ0) is 16.8. The van der Waals surface area contributed by atoms with E-state index in [1.807, 2.05) is 0 Å². The molecule has 0 N–H and O–H groups in total. The predicted octanol–water partition coefficient (Wildman–Crippen LogP) is 7.19. The van der Waals surface area contributed by atoms with E-state index in [0.717, 1.165) is 23.3 Å². The standard InChI is InChI=1S/C22H42BP/c1-22(2,19-9-5-3-6-10-19)23-20-15-13-18(14-16-20)17-24-21-11-7-4-8-12-21/h18-21,23-24H,3-17H2,1-2H3. The molecule has 0 radical (unpaired) electrons. The maximum absolute atomic E-state index is 2.60. The van der Waals surface area contributed by atoms with Crippen molar-refractivity contribution in [3.63, 3.8) is 0 Å². The molecule has 3 rings (SSSR count). The third kappa shape index (κ3) is 5.76. The van der Waals surface area contributed by atoms with Gasteiger partial charge in [-0.2, -0.15) is 0 Å². The molecule has 2 heteroatoms. The minimum Gasteiger partial charge on any atom is -0.119 e. The van der Waals surface area contributed by atoms with Crippen LogP contribution in [0.15, 0.2) is 0 Å². The van der Waals surface area contributed by atoms with Crippen molar-refractivity contribution in [2.24, 2.45) is 11.8 Å². The largest absolute Gasteiger partial charge is 0.131 e. The Morgan fingerprint density at radius 2 is 1.33 bits per heavy atom. The normalized spacial score (nSPS) is 31.6. The quantitative estimate of drug-likeness (QED) is 0.352. The lowest BCUT2D eigenvalue weighted by Crippen LogP contribution is -2.30. The van der Waals surface area contributed by atoms with Crippen molar-refractivity contribution in [2.75, 3.05) is 6.16 Å². The first kappa shape index (κ1) is 19.3. The van der Waals surface area contributed by atoms with Gasteiger partial charge in [0.1, 0.15) is 7.28 Å². The highest BCUT2D eigenvalue weighted by Crippen LogP contribution is 2.48. The van der Waals surface area contributed by atoms with E-state index in [2.05, 4.69) is 13.8 Å². The molecule has 0 nitrogen and oxygen atoms in total. The molecule has 0 aliphatic heterocycles. The van der Waals surface area contributed by atoms with Gasteiger partial charge < -0.3 is 0 Å². The van der Waals surface area contributed by atoms with Gasteiger partial charge in [0.2, 0.25) is 0 Å². The lowest BCUT2D eigenvalue weighted by Gasteiger charge is -2.40. The van der Waals surface area contributed by atoms with Gasteiger partial charge in [-0.3, -0.25) is 0 Å². The second-order valence-corrected chi connectivity index (χ2v) is 11.8. The molecular weight excluding hydrogens is 306 g/mol. The van der Waals surface area contributed by atoms with Gasteiger partial charge in [-0.25, -0.2) is 0 Å². The molecule has 1 unspecified atom stereocenters. The molecule has 0 aromatic heterocycles. The number of hydrogen-bond donors (Lipinski definition) is 0. The van der Waals surface area contributed by atoms with Gasteiger partial charge in [0.25, 0.3) is 0 Å². The van der Waals surface area contributed by atoms with E-state index in [1.165, 1.54) is 67.2 Å². The van der Waals surface area contributed by atoms with Crippen molar-refractivity contribution in [1.29, 1.82) is 0 Å². The van der Waals surface area contributed by atoms with Crippen LogP contribution in [0.4, 0.5) is 0 Å². The molecule has 0 aromatic rings. The molecule has 138 valence electrons. The zero-order valence-electron chi connectivity index (χ0n) is 16.6. The van der Waals surface area contributed by atoms with Crippen LogP contribution in [0.1, 0.15) is 104 Å². The van der Waals surface area contributed by atoms with Crippen molar-refractivity contribution in [3.8, 4) is 0 Å². The maximum Gasteiger partial charge on any atom is 0.131 e. The van der Waals surface area contributed by atoms with E-state index in [-0.39, 0.29) is 0 Å². The third-order valence-electron chi connectivity index (χ3n) is 7.79. The van der Waals surface area contributed by atoms with Crippen LogP contribution < -0.4 is 0 Å². The molecule has 3 saturated carbocycles. The average molecular weight is 348 g/mol. The summed E-state index contributed by atoms with van der Waals surface area (Å²) >= 11 is 0. The molecule has 0 heterocycles. The lowest BCUT2D eigenvalue weighted by atomic mass is 9.40. The van der Waals surface area contributed by atoms with Crippen molar-refractivity contribution in [3.05, 3.63) is 0 Å². The van der Waals surface area contributed by atoms with Gasteiger partial charge in [-0.05, 0) is 36.5 Å². The predicted molar refractivity (Wildman–Crippen MR) is 114 cm³/mol.